The van der Waals surface area contributed by atoms with Crippen LogP contribution in [0.1, 0.15) is 0 Å². The molecule has 0 fully saturated rings. The Hall–Kier alpha value is 0.110. The van der Waals surface area contributed by atoms with Crippen molar-refractivity contribution in [3.05, 3.63) is 33.0 Å². The van der Waals surface area contributed by atoms with Crippen molar-refractivity contribution in [2.24, 2.45) is 0 Å². The molecule has 0 spiro atoms. The van der Waals surface area contributed by atoms with E-state index in [-0.39, 0.29) is 5.82 Å². The third kappa shape index (κ3) is 2.06. The predicted molar refractivity (Wildman–Crippen MR) is 40.6 cm³/mol. The van der Waals surface area contributed by atoms with Crippen molar-refractivity contribution in [3.8, 4) is 0 Å². The van der Waals surface area contributed by atoms with Gasteiger partial charge in [0.25, 0.3) is 0 Å². The first-order valence-corrected chi connectivity index (χ1v) is 3.81. The van der Waals surface area contributed by atoms with Gasteiger partial charge in [-0.15, -0.1) is 0 Å². The Balaban J connectivity index is 3.17. The summed E-state index contributed by atoms with van der Waals surface area (Å²) < 4.78 is 13.6. The lowest BCUT2D eigenvalue weighted by Gasteiger charge is -1.90. The van der Waals surface area contributed by atoms with E-state index in [9.17, 15) is 4.39 Å². The van der Waals surface area contributed by atoms with E-state index in [1.165, 1.54) is 12.1 Å². The van der Waals surface area contributed by atoms with Crippen molar-refractivity contribution in [3.63, 3.8) is 0 Å². The van der Waals surface area contributed by atoms with Gasteiger partial charge in [0.15, 0.2) is 0 Å². The lowest BCUT2D eigenvalue weighted by atomic mass is 10.4. The second kappa shape index (κ2) is 2.80. The molecule has 1 rings (SSSR count). The van der Waals surface area contributed by atoms with Crippen molar-refractivity contribution in [1.82, 2.24) is 0 Å². The SMILES string of the molecule is Fc1cc(Br)[c]c(Br)c1. The monoisotopic (exact) mass is 251 g/mol. The van der Waals surface area contributed by atoms with Gasteiger partial charge in [-0.25, -0.2) is 4.39 Å². The minimum atomic E-state index is -0.271. The summed E-state index contributed by atoms with van der Waals surface area (Å²) in [7, 11) is 0. The lowest BCUT2D eigenvalue weighted by molar-refractivity contribution is 0.626. The fourth-order valence-electron chi connectivity index (χ4n) is 0.470. The topological polar surface area (TPSA) is 0 Å². The maximum Gasteiger partial charge on any atom is 0.125 e. The maximum atomic E-state index is 12.3. The third-order valence-corrected chi connectivity index (χ3v) is 1.62. The molecule has 3 heteroatoms. The first-order valence-electron chi connectivity index (χ1n) is 2.22. The molecule has 0 aliphatic rings. The van der Waals surface area contributed by atoms with Crippen LogP contribution in [0.15, 0.2) is 21.1 Å². The summed E-state index contributed by atoms with van der Waals surface area (Å²) in [5.41, 5.74) is 0. The molecule has 1 aromatic rings. The molecule has 0 aliphatic heterocycles. The zero-order chi connectivity index (χ0) is 6.85. The summed E-state index contributed by atoms with van der Waals surface area (Å²) in [4.78, 5) is 0. The van der Waals surface area contributed by atoms with Gasteiger partial charge in [0.1, 0.15) is 5.82 Å². The van der Waals surface area contributed by atoms with E-state index in [0.29, 0.717) is 8.95 Å². The fourth-order valence-corrected chi connectivity index (χ4v) is 1.60. The van der Waals surface area contributed by atoms with Gasteiger partial charge in [0, 0.05) is 15.0 Å². The minimum Gasteiger partial charge on any atom is -0.207 e. The van der Waals surface area contributed by atoms with E-state index < -0.39 is 0 Å². The summed E-state index contributed by atoms with van der Waals surface area (Å²) in [5, 5.41) is 0. The second-order valence-electron chi connectivity index (χ2n) is 1.49. The minimum absolute atomic E-state index is 0.271. The molecular formula is C6H2Br2F. The average Bonchev–Trinajstić information content (AvgIpc) is 1.59. The Labute approximate surface area is 69.3 Å². The molecular weight excluding hydrogens is 251 g/mol. The molecule has 0 aliphatic carbocycles. The molecule has 0 unspecified atom stereocenters. The molecule has 0 atom stereocenters. The summed E-state index contributed by atoms with van der Waals surface area (Å²) in [6.07, 6.45) is 0. The molecule has 0 N–H and O–H groups in total. The summed E-state index contributed by atoms with van der Waals surface area (Å²) in [6, 6.07) is 5.51. The van der Waals surface area contributed by atoms with E-state index in [2.05, 4.69) is 37.9 Å². The van der Waals surface area contributed by atoms with Gasteiger partial charge in [0.05, 0.1) is 0 Å². The number of rotatable bonds is 0. The van der Waals surface area contributed by atoms with E-state index >= 15 is 0 Å². The summed E-state index contributed by atoms with van der Waals surface area (Å²) in [6.45, 7) is 0. The first-order chi connectivity index (χ1) is 4.18. The van der Waals surface area contributed by atoms with Gasteiger partial charge in [0.2, 0.25) is 0 Å². The Bertz CT molecular complexity index is 172. The van der Waals surface area contributed by atoms with E-state index in [1.54, 1.807) is 0 Å². The van der Waals surface area contributed by atoms with Crippen LogP contribution in [-0.2, 0) is 0 Å². The fraction of sp³-hybridized carbons (Fsp3) is 0. The highest BCUT2D eigenvalue weighted by atomic mass is 79.9. The zero-order valence-electron chi connectivity index (χ0n) is 4.29. The van der Waals surface area contributed by atoms with Crippen LogP contribution in [0, 0.1) is 11.9 Å². The summed E-state index contributed by atoms with van der Waals surface area (Å²) >= 11 is 6.17. The zero-order valence-corrected chi connectivity index (χ0v) is 7.46. The van der Waals surface area contributed by atoms with Crippen LogP contribution in [-0.4, -0.2) is 0 Å². The van der Waals surface area contributed by atoms with Gasteiger partial charge in [-0.2, -0.15) is 0 Å². The van der Waals surface area contributed by atoms with Crippen LogP contribution in [0.25, 0.3) is 0 Å². The molecule has 0 aromatic heterocycles. The lowest BCUT2D eigenvalue weighted by Crippen LogP contribution is -1.73. The molecule has 0 heterocycles. The molecule has 0 bridgehead atoms. The van der Waals surface area contributed by atoms with Crippen molar-refractivity contribution in [2.45, 2.75) is 0 Å². The number of benzene rings is 1. The van der Waals surface area contributed by atoms with Crippen LogP contribution in [0.3, 0.4) is 0 Å². The van der Waals surface area contributed by atoms with Crippen LogP contribution in [0.2, 0.25) is 0 Å². The summed E-state index contributed by atoms with van der Waals surface area (Å²) in [5.74, 6) is -0.271. The molecule has 0 saturated heterocycles. The van der Waals surface area contributed by atoms with Gasteiger partial charge < -0.3 is 0 Å². The highest BCUT2D eigenvalue weighted by molar-refractivity contribution is 9.11. The second-order valence-corrected chi connectivity index (χ2v) is 3.20. The molecule has 0 nitrogen and oxygen atoms in total. The van der Waals surface area contributed by atoms with Crippen LogP contribution >= 0.6 is 31.9 Å². The highest BCUT2D eigenvalue weighted by Crippen LogP contribution is 2.17. The largest absolute Gasteiger partial charge is 0.207 e. The van der Waals surface area contributed by atoms with Gasteiger partial charge in [-0.05, 0) is 12.1 Å². The van der Waals surface area contributed by atoms with Crippen LogP contribution in [0.4, 0.5) is 4.39 Å². The van der Waals surface area contributed by atoms with E-state index in [0.717, 1.165) is 0 Å². The molecule has 1 radical (unpaired) electrons. The quantitative estimate of drug-likeness (QED) is 0.666. The molecule has 0 amide bonds. The molecule has 0 saturated carbocycles. The third-order valence-electron chi connectivity index (χ3n) is 0.768. The van der Waals surface area contributed by atoms with Crippen molar-refractivity contribution < 1.29 is 4.39 Å². The standard InChI is InChI=1S/C6H2Br2F/c7-4-1-5(8)3-6(9)2-4/h2-3H. The molecule has 47 valence electrons. The van der Waals surface area contributed by atoms with E-state index in [4.69, 9.17) is 0 Å². The molecule has 9 heavy (non-hydrogen) atoms. The van der Waals surface area contributed by atoms with E-state index in [1.807, 2.05) is 0 Å². The first kappa shape index (κ1) is 7.22. The van der Waals surface area contributed by atoms with Crippen LogP contribution < -0.4 is 0 Å². The van der Waals surface area contributed by atoms with Gasteiger partial charge in [-0.3, -0.25) is 0 Å². The van der Waals surface area contributed by atoms with Gasteiger partial charge >= 0.3 is 0 Å². The Morgan fingerprint density at radius 1 is 1.22 bits per heavy atom. The normalized spacial score (nSPS) is 9.67. The van der Waals surface area contributed by atoms with Gasteiger partial charge in [-0.1, -0.05) is 31.9 Å². The number of hydrogen-bond donors (Lipinski definition) is 0. The maximum absolute atomic E-state index is 12.3. The average molecular weight is 253 g/mol. The van der Waals surface area contributed by atoms with Crippen molar-refractivity contribution in [2.75, 3.05) is 0 Å². The van der Waals surface area contributed by atoms with Crippen LogP contribution in [0.5, 0.6) is 0 Å². The van der Waals surface area contributed by atoms with Crippen molar-refractivity contribution >= 4 is 31.9 Å². The molecule has 1 aromatic carbocycles. The predicted octanol–water partition coefficient (Wildman–Crippen LogP) is 3.15. The Morgan fingerprint density at radius 2 is 1.67 bits per heavy atom. The number of halogens is 3. The Morgan fingerprint density at radius 3 is 2.00 bits per heavy atom. The van der Waals surface area contributed by atoms with Crippen molar-refractivity contribution in [1.29, 1.82) is 0 Å². The highest BCUT2D eigenvalue weighted by Gasteiger charge is 1.94. The Kier molecular flexibility index (Phi) is 2.24. The number of hydrogen-bond acceptors (Lipinski definition) is 0. The smallest absolute Gasteiger partial charge is 0.125 e.